The molecule has 5 aliphatic rings. The number of amides is 4. The van der Waals surface area contributed by atoms with Crippen LogP contribution in [-0.2, 0) is 40.5 Å². The smallest absolute Gasteiger partial charge is 0.408 e. The van der Waals surface area contributed by atoms with Crippen LogP contribution in [0.5, 0.6) is 0 Å². The average Bonchev–Trinajstić information content (AvgIpc) is 3.95. The van der Waals surface area contributed by atoms with Gasteiger partial charge in [-0.2, -0.15) is 0 Å². The van der Waals surface area contributed by atoms with E-state index in [1.54, 1.807) is 39.0 Å². The van der Waals surface area contributed by atoms with Crippen LogP contribution in [0.25, 0.3) is 0 Å². The molecule has 6 atom stereocenters. The third kappa shape index (κ3) is 7.35. The van der Waals surface area contributed by atoms with Gasteiger partial charge in [0.2, 0.25) is 21.8 Å². The monoisotopic (exact) mass is 746 g/mol. The highest BCUT2D eigenvalue weighted by molar-refractivity contribution is 7.91. The number of nitrogens with zero attached hydrogens (tertiary/aromatic N) is 2. The topological polar surface area (TPSA) is 179 Å². The number of carbonyl (C=O) groups excluding carboxylic acids is 4. The van der Waals surface area contributed by atoms with Gasteiger partial charge in [-0.3, -0.25) is 28.8 Å². The molecular weight excluding hydrogens is 700 g/mol. The molecule has 1 aromatic carbocycles. The molecule has 0 spiro atoms. The van der Waals surface area contributed by atoms with Crippen LogP contribution >= 0.6 is 11.6 Å². The minimum Gasteiger partial charge on any atom is -0.465 e. The van der Waals surface area contributed by atoms with Crippen molar-refractivity contribution in [3.63, 3.8) is 0 Å². The van der Waals surface area contributed by atoms with Crippen LogP contribution in [0.2, 0.25) is 5.02 Å². The first-order chi connectivity index (χ1) is 24.0. The predicted octanol–water partition coefficient (Wildman–Crippen LogP) is 4.30. The third-order valence-electron chi connectivity index (χ3n) is 11.0. The van der Waals surface area contributed by atoms with E-state index in [0.29, 0.717) is 41.8 Å². The van der Waals surface area contributed by atoms with Gasteiger partial charge in [0.1, 0.15) is 23.1 Å². The summed E-state index contributed by atoms with van der Waals surface area (Å²) in [7, 11) is -3.93. The lowest BCUT2D eigenvalue weighted by Crippen LogP contribution is -2.57. The lowest BCUT2D eigenvalue weighted by atomic mass is 9.79. The molecule has 0 aromatic heterocycles. The van der Waals surface area contributed by atoms with Crippen molar-refractivity contribution in [3.8, 4) is 0 Å². The van der Waals surface area contributed by atoms with Gasteiger partial charge in [0.05, 0.1) is 17.8 Å². The molecular formula is C36H47ClN4O9S. The van der Waals surface area contributed by atoms with Gasteiger partial charge in [0.15, 0.2) is 0 Å². The van der Waals surface area contributed by atoms with E-state index in [4.69, 9.17) is 16.3 Å². The number of esters is 1. The maximum atomic E-state index is 14.8. The van der Waals surface area contributed by atoms with Crippen molar-refractivity contribution in [2.45, 2.75) is 114 Å². The number of ether oxygens (including phenoxy) is 1. The number of carbonyl (C=O) groups is 5. The second-order valence-corrected chi connectivity index (χ2v) is 18.1. The number of benzene rings is 1. The standard InChI is InChI=1S/C36H47ClN4O9S/c1-5-22-17-36(22,33(45)39-51(48,49)23-14-15-23)38-30(42)27-16-21(29-24-12-9-13-26(37)25(24)19-41(29)34(46)47)18-40(27)31(43)28(20-10-7-6-8-11-20)32(44)50-35(2,3)4/h5,9,12-13,20-23,27-29H,1,6-8,10-11,14-19H2,2-4H3,(H,38,42)(H,39,45)(H,46,47)/t21-,22-,27+,28+,29?,36-/m1/s1. The number of hydrogen-bond acceptors (Lipinski definition) is 8. The van der Waals surface area contributed by atoms with Crippen molar-refractivity contribution in [2.75, 3.05) is 6.54 Å². The molecule has 1 aromatic rings. The average molecular weight is 747 g/mol. The summed E-state index contributed by atoms with van der Waals surface area (Å²) in [5, 5.41) is 12.8. The van der Waals surface area contributed by atoms with Crippen molar-refractivity contribution in [3.05, 3.63) is 47.0 Å². The van der Waals surface area contributed by atoms with Crippen LogP contribution in [0, 0.1) is 23.7 Å². The SMILES string of the molecule is C=C[C@@H]1C[C@]1(NC(=O)[C@@H]1C[C@@H](C2c3cccc(Cl)c3CN2C(=O)O)CN1C(=O)[C@@H](C(=O)OC(C)(C)C)C1CCCCC1)C(=O)NS(=O)(=O)C1CC1. The lowest BCUT2D eigenvalue weighted by Gasteiger charge is -2.35. The van der Waals surface area contributed by atoms with Crippen molar-refractivity contribution >= 4 is 51.4 Å². The van der Waals surface area contributed by atoms with Crippen molar-refractivity contribution in [2.24, 2.45) is 23.7 Å². The minimum atomic E-state index is -3.93. The molecule has 4 fully saturated rings. The van der Waals surface area contributed by atoms with Crippen LogP contribution < -0.4 is 10.0 Å². The summed E-state index contributed by atoms with van der Waals surface area (Å²) < 4.78 is 33.4. The third-order valence-corrected chi connectivity index (χ3v) is 13.2. The Morgan fingerprint density at radius 3 is 2.35 bits per heavy atom. The first kappa shape index (κ1) is 37.1. The predicted molar refractivity (Wildman–Crippen MR) is 187 cm³/mol. The summed E-state index contributed by atoms with van der Waals surface area (Å²) in [6, 6.07) is 3.24. The Balaban J connectivity index is 1.35. The maximum absolute atomic E-state index is 14.8. The fourth-order valence-corrected chi connectivity index (χ4v) is 9.87. The molecule has 0 bridgehead atoms. The molecule has 13 nitrogen and oxygen atoms in total. The van der Waals surface area contributed by atoms with Gasteiger partial charge in [-0.15, -0.1) is 6.58 Å². The second-order valence-electron chi connectivity index (χ2n) is 15.8. The second kappa shape index (κ2) is 13.7. The largest absolute Gasteiger partial charge is 0.465 e. The molecule has 3 saturated carbocycles. The van der Waals surface area contributed by atoms with E-state index in [-0.39, 0.29) is 31.8 Å². The van der Waals surface area contributed by atoms with E-state index < -0.39 is 86.0 Å². The highest BCUT2D eigenvalue weighted by Crippen LogP contribution is 2.48. The minimum absolute atomic E-state index is 0.0144. The number of rotatable bonds is 10. The number of fused-ring (bicyclic) bond motifs is 1. The summed E-state index contributed by atoms with van der Waals surface area (Å²) in [5.41, 5.74) is -1.16. The van der Waals surface area contributed by atoms with Crippen molar-refractivity contribution in [1.29, 1.82) is 0 Å². The van der Waals surface area contributed by atoms with E-state index in [9.17, 15) is 37.5 Å². The summed E-state index contributed by atoms with van der Waals surface area (Å²) in [6.07, 6.45) is 5.21. The van der Waals surface area contributed by atoms with Crippen molar-refractivity contribution in [1.82, 2.24) is 19.8 Å². The Bertz CT molecular complexity index is 1740. The van der Waals surface area contributed by atoms with Gasteiger partial charge in [-0.1, -0.05) is 49.1 Å². The van der Waals surface area contributed by atoms with E-state index in [0.717, 1.165) is 19.3 Å². The van der Waals surface area contributed by atoms with Crippen LogP contribution in [0.3, 0.4) is 0 Å². The molecule has 2 aliphatic heterocycles. The first-order valence-electron chi connectivity index (χ1n) is 17.8. The summed E-state index contributed by atoms with van der Waals surface area (Å²) >= 11 is 6.50. The van der Waals surface area contributed by atoms with Crippen LogP contribution in [0.15, 0.2) is 30.9 Å². The Kier molecular flexibility index (Phi) is 9.99. The zero-order valence-electron chi connectivity index (χ0n) is 29.2. The summed E-state index contributed by atoms with van der Waals surface area (Å²) in [5.74, 6) is -5.48. The molecule has 1 saturated heterocycles. The van der Waals surface area contributed by atoms with E-state index in [2.05, 4.69) is 16.6 Å². The Labute approximate surface area is 303 Å². The number of sulfonamides is 1. The molecule has 51 heavy (non-hydrogen) atoms. The molecule has 6 rings (SSSR count). The fourth-order valence-electron chi connectivity index (χ4n) is 8.27. The normalized spacial score (nSPS) is 28.4. The Morgan fingerprint density at radius 2 is 1.76 bits per heavy atom. The molecule has 1 unspecified atom stereocenters. The molecule has 278 valence electrons. The van der Waals surface area contributed by atoms with Gasteiger partial charge in [0.25, 0.3) is 5.91 Å². The number of halogens is 1. The number of carboxylic acid groups (broad SMARTS) is 1. The molecule has 15 heteroatoms. The highest BCUT2D eigenvalue weighted by atomic mass is 35.5. The van der Waals surface area contributed by atoms with Gasteiger partial charge < -0.3 is 20.1 Å². The maximum Gasteiger partial charge on any atom is 0.408 e. The number of hydrogen-bond donors (Lipinski definition) is 3. The molecule has 2 heterocycles. The van der Waals surface area contributed by atoms with Gasteiger partial charge in [-0.05, 0) is 82.4 Å². The van der Waals surface area contributed by atoms with E-state index in [1.807, 2.05) is 0 Å². The van der Waals surface area contributed by atoms with Crippen LogP contribution in [0.4, 0.5) is 4.79 Å². The van der Waals surface area contributed by atoms with E-state index in [1.165, 1.54) is 15.9 Å². The molecule has 3 N–H and O–H groups in total. The zero-order valence-corrected chi connectivity index (χ0v) is 30.8. The van der Waals surface area contributed by atoms with E-state index >= 15 is 0 Å². The van der Waals surface area contributed by atoms with Gasteiger partial charge >= 0.3 is 12.1 Å². The molecule has 4 amide bonds. The van der Waals surface area contributed by atoms with Crippen LogP contribution in [-0.4, -0.2) is 82.1 Å². The molecule has 0 radical (unpaired) electrons. The lowest BCUT2D eigenvalue weighted by molar-refractivity contribution is -0.169. The zero-order chi connectivity index (χ0) is 37.0. The quantitative estimate of drug-likeness (QED) is 0.179. The Hall–Kier alpha value is -3.65. The highest BCUT2D eigenvalue weighted by Gasteiger charge is 2.62. The van der Waals surface area contributed by atoms with Gasteiger partial charge in [-0.25, -0.2) is 13.2 Å². The summed E-state index contributed by atoms with van der Waals surface area (Å²) in [4.78, 5) is 71.8. The number of likely N-dealkylation sites (tertiary alicyclic amines) is 1. The fraction of sp³-hybridized carbons (Fsp3) is 0.639. The van der Waals surface area contributed by atoms with Gasteiger partial charge in [0, 0.05) is 23.4 Å². The summed E-state index contributed by atoms with van der Waals surface area (Å²) in [6.45, 7) is 8.90. The molecule has 3 aliphatic carbocycles. The number of nitrogens with one attached hydrogen (secondary N) is 2. The Morgan fingerprint density at radius 1 is 1.08 bits per heavy atom. The van der Waals surface area contributed by atoms with Crippen LogP contribution in [0.1, 0.15) is 95.7 Å². The first-order valence-corrected chi connectivity index (χ1v) is 19.7. The van der Waals surface area contributed by atoms with Crippen molar-refractivity contribution < 1.29 is 42.2 Å².